The lowest BCUT2D eigenvalue weighted by Gasteiger charge is -2.07. The molecule has 2 rings (SSSR count). The van der Waals surface area contributed by atoms with Crippen molar-refractivity contribution in [3.05, 3.63) is 28.4 Å². The fourth-order valence-corrected chi connectivity index (χ4v) is 2.59. The number of fused-ring (bicyclic) bond motifs is 1. The summed E-state index contributed by atoms with van der Waals surface area (Å²) in [5.41, 5.74) is 8.16. The number of hydrogen-bond donors (Lipinski definition) is 1. The molecular weight excluding hydrogens is 254 g/mol. The number of halogens is 1. The summed E-state index contributed by atoms with van der Waals surface area (Å²) in [4.78, 5) is 0. The minimum Gasteiger partial charge on any atom is -0.328 e. The van der Waals surface area contributed by atoms with E-state index in [2.05, 4.69) is 33.2 Å². The van der Waals surface area contributed by atoms with Crippen molar-refractivity contribution in [1.29, 1.82) is 0 Å². The minimum atomic E-state index is 0.186. The molecule has 0 fully saturated rings. The number of rotatable bonds is 2. The Morgan fingerprint density at radius 1 is 1.53 bits per heavy atom. The van der Waals surface area contributed by atoms with Gasteiger partial charge in [0.15, 0.2) is 0 Å². The molecule has 2 aromatic rings. The summed E-state index contributed by atoms with van der Waals surface area (Å²) >= 11 is 3.57. The van der Waals surface area contributed by atoms with Crippen molar-refractivity contribution >= 4 is 26.8 Å². The summed E-state index contributed by atoms with van der Waals surface area (Å²) in [6.07, 6.45) is 2.77. The van der Waals surface area contributed by atoms with Gasteiger partial charge in [-0.25, -0.2) is 0 Å². The van der Waals surface area contributed by atoms with Gasteiger partial charge in [0.05, 0.1) is 11.7 Å². The van der Waals surface area contributed by atoms with Gasteiger partial charge in [0, 0.05) is 22.9 Å². The summed E-state index contributed by atoms with van der Waals surface area (Å²) in [5, 5.41) is 5.39. The third-order valence-electron chi connectivity index (χ3n) is 2.40. The van der Waals surface area contributed by atoms with Crippen LogP contribution in [0.25, 0.3) is 10.9 Å². The largest absolute Gasteiger partial charge is 0.328 e. The van der Waals surface area contributed by atoms with Gasteiger partial charge in [-0.1, -0.05) is 0 Å². The molecule has 1 aromatic heterocycles. The molecule has 0 aliphatic heterocycles. The van der Waals surface area contributed by atoms with Crippen LogP contribution in [0.15, 0.2) is 22.8 Å². The first-order valence-corrected chi connectivity index (χ1v) is 5.73. The Morgan fingerprint density at radius 3 is 2.93 bits per heavy atom. The molecular formula is C11H14BrN3. The minimum absolute atomic E-state index is 0.186. The molecule has 4 heteroatoms. The lowest BCUT2D eigenvalue weighted by molar-refractivity contribution is 0.738. The highest BCUT2D eigenvalue weighted by Gasteiger charge is 2.07. The van der Waals surface area contributed by atoms with Crippen LogP contribution in [0.2, 0.25) is 0 Å². The molecule has 15 heavy (non-hydrogen) atoms. The topological polar surface area (TPSA) is 43.8 Å². The molecule has 2 N–H and O–H groups in total. The summed E-state index contributed by atoms with van der Waals surface area (Å²) in [5.74, 6) is 0. The maximum Gasteiger partial charge on any atom is 0.0821 e. The van der Waals surface area contributed by atoms with Gasteiger partial charge in [0.25, 0.3) is 0 Å². The van der Waals surface area contributed by atoms with Gasteiger partial charge in [-0.2, -0.15) is 5.10 Å². The van der Waals surface area contributed by atoms with Gasteiger partial charge in [-0.05, 0) is 47.0 Å². The third-order valence-corrected chi connectivity index (χ3v) is 3.01. The quantitative estimate of drug-likeness (QED) is 0.907. The lowest BCUT2D eigenvalue weighted by atomic mass is 10.1. The van der Waals surface area contributed by atoms with Gasteiger partial charge < -0.3 is 5.73 Å². The van der Waals surface area contributed by atoms with Crippen molar-refractivity contribution in [2.75, 3.05) is 0 Å². The molecule has 0 spiro atoms. The van der Waals surface area contributed by atoms with Crippen LogP contribution < -0.4 is 5.73 Å². The zero-order chi connectivity index (χ0) is 11.0. The first-order valence-electron chi connectivity index (χ1n) is 4.93. The number of benzene rings is 1. The standard InChI is InChI=1S/C11H14BrN3/c1-7(13)3-8-4-9-6-14-15(2)11(9)10(12)5-8/h4-7H,3,13H2,1-2H3. The van der Waals surface area contributed by atoms with Crippen LogP contribution in [-0.2, 0) is 13.5 Å². The van der Waals surface area contributed by atoms with Crippen LogP contribution in [-0.4, -0.2) is 15.8 Å². The highest BCUT2D eigenvalue weighted by Crippen LogP contribution is 2.25. The predicted molar refractivity (Wildman–Crippen MR) is 65.8 cm³/mol. The molecule has 1 heterocycles. The van der Waals surface area contributed by atoms with Crippen molar-refractivity contribution < 1.29 is 0 Å². The number of nitrogens with two attached hydrogens (primary N) is 1. The molecule has 0 saturated carbocycles. The molecule has 0 amide bonds. The highest BCUT2D eigenvalue weighted by molar-refractivity contribution is 9.10. The molecule has 0 aliphatic rings. The van der Waals surface area contributed by atoms with E-state index in [1.165, 1.54) is 5.56 Å². The van der Waals surface area contributed by atoms with Crippen molar-refractivity contribution in [2.45, 2.75) is 19.4 Å². The Morgan fingerprint density at radius 2 is 2.27 bits per heavy atom. The van der Waals surface area contributed by atoms with E-state index in [9.17, 15) is 0 Å². The van der Waals surface area contributed by atoms with E-state index >= 15 is 0 Å². The van der Waals surface area contributed by atoms with Gasteiger partial charge in [0.2, 0.25) is 0 Å². The SMILES string of the molecule is CC(N)Cc1cc(Br)c2c(cnn2C)c1. The van der Waals surface area contributed by atoms with Crippen LogP contribution >= 0.6 is 15.9 Å². The Bertz CT molecular complexity index is 488. The highest BCUT2D eigenvalue weighted by atomic mass is 79.9. The Balaban J connectivity index is 2.53. The maximum absolute atomic E-state index is 5.79. The van der Waals surface area contributed by atoms with Gasteiger partial charge in [-0.3, -0.25) is 4.68 Å². The average Bonchev–Trinajstić information content (AvgIpc) is 2.46. The Labute approximate surface area is 97.4 Å². The van der Waals surface area contributed by atoms with Crippen LogP contribution in [0.1, 0.15) is 12.5 Å². The van der Waals surface area contributed by atoms with Gasteiger partial charge in [-0.15, -0.1) is 0 Å². The second-order valence-electron chi connectivity index (χ2n) is 3.97. The molecule has 1 unspecified atom stereocenters. The molecule has 0 bridgehead atoms. The van der Waals surface area contributed by atoms with Gasteiger partial charge >= 0.3 is 0 Å². The fraction of sp³-hybridized carbons (Fsp3) is 0.364. The molecule has 1 aromatic carbocycles. The zero-order valence-corrected chi connectivity index (χ0v) is 10.5. The van der Waals surface area contributed by atoms with Crippen molar-refractivity contribution in [3.8, 4) is 0 Å². The van der Waals surface area contributed by atoms with E-state index in [-0.39, 0.29) is 6.04 Å². The Kier molecular flexibility index (Phi) is 2.80. The summed E-state index contributed by atoms with van der Waals surface area (Å²) in [6, 6.07) is 4.45. The number of hydrogen-bond acceptors (Lipinski definition) is 2. The van der Waals surface area contributed by atoms with Crippen LogP contribution in [0.5, 0.6) is 0 Å². The fourth-order valence-electron chi connectivity index (χ4n) is 1.81. The number of aromatic nitrogens is 2. The summed E-state index contributed by atoms with van der Waals surface area (Å²) in [7, 11) is 1.94. The molecule has 0 aliphatic carbocycles. The van der Waals surface area contributed by atoms with E-state index < -0.39 is 0 Å². The summed E-state index contributed by atoms with van der Waals surface area (Å²) in [6.45, 7) is 2.02. The van der Waals surface area contributed by atoms with Crippen LogP contribution in [0.3, 0.4) is 0 Å². The second kappa shape index (κ2) is 3.94. The van der Waals surface area contributed by atoms with E-state index in [0.717, 1.165) is 21.8 Å². The number of nitrogens with zero attached hydrogens (tertiary/aromatic N) is 2. The van der Waals surface area contributed by atoms with Crippen molar-refractivity contribution in [2.24, 2.45) is 12.8 Å². The molecule has 0 radical (unpaired) electrons. The normalized spacial score (nSPS) is 13.3. The average molecular weight is 268 g/mol. The lowest BCUT2D eigenvalue weighted by Crippen LogP contribution is -2.17. The predicted octanol–water partition coefficient (Wildman–Crippen LogP) is 2.23. The smallest absolute Gasteiger partial charge is 0.0821 e. The van der Waals surface area contributed by atoms with E-state index in [1.807, 2.05) is 24.9 Å². The van der Waals surface area contributed by atoms with Gasteiger partial charge in [0.1, 0.15) is 0 Å². The van der Waals surface area contributed by atoms with E-state index in [0.29, 0.717) is 0 Å². The van der Waals surface area contributed by atoms with E-state index in [4.69, 9.17) is 5.73 Å². The molecule has 0 saturated heterocycles. The zero-order valence-electron chi connectivity index (χ0n) is 8.87. The second-order valence-corrected chi connectivity index (χ2v) is 4.82. The molecule has 3 nitrogen and oxygen atoms in total. The first kappa shape index (κ1) is 10.6. The first-order chi connectivity index (χ1) is 7.08. The van der Waals surface area contributed by atoms with Crippen molar-refractivity contribution in [3.63, 3.8) is 0 Å². The van der Waals surface area contributed by atoms with Crippen LogP contribution in [0.4, 0.5) is 0 Å². The number of aryl methyl sites for hydroxylation is 1. The monoisotopic (exact) mass is 267 g/mol. The third kappa shape index (κ3) is 2.06. The summed E-state index contributed by atoms with van der Waals surface area (Å²) < 4.78 is 2.95. The molecule has 1 atom stereocenters. The van der Waals surface area contributed by atoms with E-state index in [1.54, 1.807) is 0 Å². The maximum atomic E-state index is 5.79. The van der Waals surface area contributed by atoms with Crippen molar-refractivity contribution in [1.82, 2.24) is 9.78 Å². The Hall–Kier alpha value is -0.870. The van der Waals surface area contributed by atoms with Crippen LogP contribution in [0, 0.1) is 0 Å². The molecule has 80 valence electrons.